The first-order valence-electron chi connectivity index (χ1n) is 6.02. The molecule has 0 unspecified atom stereocenters. The van der Waals surface area contributed by atoms with Gasteiger partial charge in [0.15, 0.2) is 0 Å². The van der Waals surface area contributed by atoms with E-state index in [-0.39, 0.29) is 0 Å². The minimum Gasteiger partial charge on any atom is -0.366 e. The molecule has 2 aromatic rings. The van der Waals surface area contributed by atoms with Crippen LogP contribution in [0.3, 0.4) is 0 Å². The first kappa shape index (κ1) is 13.6. The minimum atomic E-state index is -0.454. The van der Waals surface area contributed by atoms with Gasteiger partial charge in [0.1, 0.15) is 0 Å². The SMILES string of the molecule is CN(c1ccc(C(N)=O)cc1)c1ccc(C(N)=O)cc1. The van der Waals surface area contributed by atoms with Crippen molar-refractivity contribution in [3.8, 4) is 0 Å². The lowest BCUT2D eigenvalue weighted by molar-refractivity contribution is 0.0992. The van der Waals surface area contributed by atoms with Gasteiger partial charge in [-0.05, 0) is 48.5 Å². The Kier molecular flexibility index (Phi) is 3.70. The second-order valence-corrected chi connectivity index (χ2v) is 4.38. The lowest BCUT2D eigenvalue weighted by Crippen LogP contribution is -2.13. The summed E-state index contributed by atoms with van der Waals surface area (Å²) in [6, 6.07) is 13.9. The zero-order valence-electron chi connectivity index (χ0n) is 11.0. The lowest BCUT2D eigenvalue weighted by Gasteiger charge is -2.19. The second-order valence-electron chi connectivity index (χ2n) is 4.38. The fraction of sp³-hybridized carbons (Fsp3) is 0.0667. The Hall–Kier alpha value is -2.82. The molecule has 0 aliphatic rings. The monoisotopic (exact) mass is 269 g/mol. The molecular weight excluding hydrogens is 254 g/mol. The number of carbonyl (C=O) groups is 2. The van der Waals surface area contributed by atoms with E-state index in [2.05, 4.69) is 0 Å². The number of anilines is 2. The Labute approximate surface area is 116 Å². The Bertz CT molecular complexity index is 576. The molecule has 0 aliphatic heterocycles. The molecule has 0 atom stereocenters. The second kappa shape index (κ2) is 5.44. The molecule has 0 fully saturated rings. The topological polar surface area (TPSA) is 89.4 Å². The van der Waals surface area contributed by atoms with E-state index < -0.39 is 11.8 Å². The fourth-order valence-electron chi connectivity index (χ4n) is 1.85. The molecule has 5 nitrogen and oxygen atoms in total. The third-order valence-corrected chi connectivity index (χ3v) is 3.08. The molecule has 0 radical (unpaired) electrons. The van der Waals surface area contributed by atoms with Crippen molar-refractivity contribution in [2.45, 2.75) is 0 Å². The highest BCUT2D eigenvalue weighted by Crippen LogP contribution is 2.23. The van der Waals surface area contributed by atoms with Crippen LogP contribution in [-0.4, -0.2) is 18.9 Å². The van der Waals surface area contributed by atoms with Crippen LogP contribution in [-0.2, 0) is 0 Å². The van der Waals surface area contributed by atoms with Crippen LogP contribution in [0.4, 0.5) is 11.4 Å². The van der Waals surface area contributed by atoms with Gasteiger partial charge in [-0.3, -0.25) is 9.59 Å². The van der Waals surface area contributed by atoms with Crippen LogP contribution < -0.4 is 16.4 Å². The summed E-state index contributed by atoms with van der Waals surface area (Å²) < 4.78 is 0. The molecule has 0 heterocycles. The Morgan fingerprint density at radius 3 is 1.30 bits per heavy atom. The van der Waals surface area contributed by atoms with Crippen molar-refractivity contribution in [2.24, 2.45) is 11.5 Å². The molecule has 20 heavy (non-hydrogen) atoms. The van der Waals surface area contributed by atoms with Crippen LogP contribution in [0.25, 0.3) is 0 Å². The van der Waals surface area contributed by atoms with E-state index in [1.165, 1.54) is 0 Å². The van der Waals surface area contributed by atoms with Crippen molar-refractivity contribution in [1.29, 1.82) is 0 Å². The molecule has 0 bridgehead atoms. The van der Waals surface area contributed by atoms with Gasteiger partial charge < -0.3 is 16.4 Å². The van der Waals surface area contributed by atoms with E-state index in [9.17, 15) is 9.59 Å². The Morgan fingerprint density at radius 2 is 1.05 bits per heavy atom. The maximum Gasteiger partial charge on any atom is 0.248 e. The third kappa shape index (κ3) is 2.77. The summed E-state index contributed by atoms with van der Waals surface area (Å²) in [6.07, 6.45) is 0. The molecule has 2 rings (SSSR count). The average molecular weight is 269 g/mol. The summed E-state index contributed by atoms with van der Waals surface area (Å²) in [4.78, 5) is 24.0. The predicted octanol–water partition coefficient (Wildman–Crippen LogP) is 1.65. The van der Waals surface area contributed by atoms with Crippen LogP contribution in [0.5, 0.6) is 0 Å². The molecule has 0 saturated carbocycles. The van der Waals surface area contributed by atoms with Crippen molar-refractivity contribution >= 4 is 23.2 Å². The van der Waals surface area contributed by atoms with E-state index in [1.54, 1.807) is 24.3 Å². The maximum absolute atomic E-state index is 11.0. The summed E-state index contributed by atoms with van der Waals surface area (Å²) in [7, 11) is 1.89. The lowest BCUT2D eigenvalue weighted by atomic mass is 10.1. The van der Waals surface area contributed by atoms with Gasteiger partial charge in [0, 0.05) is 29.5 Å². The first-order chi connectivity index (χ1) is 9.49. The number of benzene rings is 2. The van der Waals surface area contributed by atoms with Crippen LogP contribution in [0.1, 0.15) is 20.7 Å². The Balaban J connectivity index is 2.24. The van der Waals surface area contributed by atoms with E-state index >= 15 is 0 Å². The van der Waals surface area contributed by atoms with Gasteiger partial charge in [0.2, 0.25) is 11.8 Å². The van der Waals surface area contributed by atoms with Gasteiger partial charge in [-0.1, -0.05) is 0 Å². The van der Waals surface area contributed by atoms with Crippen LogP contribution in [0, 0.1) is 0 Å². The summed E-state index contributed by atoms with van der Waals surface area (Å²) in [6.45, 7) is 0. The van der Waals surface area contributed by atoms with E-state index in [4.69, 9.17) is 11.5 Å². The molecule has 0 aromatic heterocycles. The summed E-state index contributed by atoms with van der Waals surface area (Å²) in [5.41, 5.74) is 13.1. The molecule has 2 aromatic carbocycles. The molecule has 2 amide bonds. The highest BCUT2D eigenvalue weighted by molar-refractivity contribution is 5.94. The molecule has 102 valence electrons. The molecule has 0 saturated heterocycles. The van der Waals surface area contributed by atoms with Crippen molar-refractivity contribution in [2.75, 3.05) is 11.9 Å². The number of rotatable bonds is 4. The number of nitrogens with two attached hydrogens (primary N) is 2. The molecular formula is C15H15N3O2. The number of hydrogen-bond donors (Lipinski definition) is 2. The normalized spacial score (nSPS) is 10.1. The molecule has 0 spiro atoms. The summed E-state index contributed by atoms with van der Waals surface area (Å²) in [5.74, 6) is -0.907. The van der Waals surface area contributed by atoms with Crippen LogP contribution in [0.15, 0.2) is 48.5 Å². The van der Waals surface area contributed by atoms with Gasteiger partial charge >= 0.3 is 0 Å². The van der Waals surface area contributed by atoms with Gasteiger partial charge in [-0.25, -0.2) is 0 Å². The highest BCUT2D eigenvalue weighted by Gasteiger charge is 2.07. The summed E-state index contributed by atoms with van der Waals surface area (Å²) in [5, 5.41) is 0. The first-order valence-corrected chi connectivity index (χ1v) is 6.02. The number of nitrogens with zero attached hydrogens (tertiary/aromatic N) is 1. The smallest absolute Gasteiger partial charge is 0.248 e. The zero-order valence-corrected chi connectivity index (χ0v) is 11.0. The third-order valence-electron chi connectivity index (χ3n) is 3.08. The standard InChI is InChI=1S/C15H15N3O2/c1-18(12-6-2-10(3-7-12)14(16)19)13-8-4-11(5-9-13)15(17)20/h2-9H,1H3,(H2,16,19)(H2,17,20). The zero-order chi connectivity index (χ0) is 14.7. The van der Waals surface area contributed by atoms with Crippen molar-refractivity contribution in [1.82, 2.24) is 0 Å². The number of hydrogen-bond acceptors (Lipinski definition) is 3. The maximum atomic E-state index is 11.0. The van der Waals surface area contributed by atoms with Crippen molar-refractivity contribution < 1.29 is 9.59 Å². The minimum absolute atomic E-state index is 0.454. The van der Waals surface area contributed by atoms with Crippen LogP contribution >= 0.6 is 0 Å². The predicted molar refractivity (Wildman–Crippen MR) is 78.0 cm³/mol. The summed E-state index contributed by atoms with van der Waals surface area (Å²) >= 11 is 0. The highest BCUT2D eigenvalue weighted by atomic mass is 16.1. The molecule has 4 N–H and O–H groups in total. The molecule has 5 heteroatoms. The van der Waals surface area contributed by atoms with E-state index in [0.717, 1.165) is 11.4 Å². The van der Waals surface area contributed by atoms with Gasteiger partial charge in [-0.2, -0.15) is 0 Å². The largest absolute Gasteiger partial charge is 0.366 e. The van der Waals surface area contributed by atoms with Crippen molar-refractivity contribution in [3.63, 3.8) is 0 Å². The Morgan fingerprint density at radius 1 is 0.750 bits per heavy atom. The van der Waals surface area contributed by atoms with Gasteiger partial charge in [0.25, 0.3) is 0 Å². The fourth-order valence-corrected chi connectivity index (χ4v) is 1.85. The van der Waals surface area contributed by atoms with Crippen molar-refractivity contribution in [3.05, 3.63) is 59.7 Å². The number of amides is 2. The molecule has 0 aliphatic carbocycles. The number of carbonyl (C=O) groups excluding carboxylic acids is 2. The van der Waals surface area contributed by atoms with Gasteiger partial charge in [0.05, 0.1) is 0 Å². The quantitative estimate of drug-likeness (QED) is 0.884. The van der Waals surface area contributed by atoms with Gasteiger partial charge in [-0.15, -0.1) is 0 Å². The van der Waals surface area contributed by atoms with E-state index in [1.807, 2.05) is 36.2 Å². The number of primary amides is 2. The van der Waals surface area contributed by atoms with E-state index in [0.29, 0.717) is 11.1 Å². The van der Waals surface area contributed by atoms with Crippen LogP contribution in [0.2, 0.25) is 0 Å². The average Bonchev–Trinajstić information content (AvgIpc) is 2.46.